The highest BCUT2D eigenvalue weighted by atomic mass is 15.0. The van der Waals surface area contributed by atoms with E-state index in [1.54, 1.807) is 0 Å². The third kappa shape index (κ3) is 3.12. The topological polar surface area (TPSA) is 27.2 Å². The lowest BCUT2D eigenvalue weighted by Gasteiger charge is -2.12. The summed E-state index contributed by atoms with van der Waals surface area (Å²) >= 11 is 0. The molecular formula is C45H26N4. The second kappa shape index (κ2) is 9.03. The summed E-state index contributed by atoms with van der Waals surface area (Å²) in [4.78, 5) is 4.55. The van der Waals surface area contributed by atoms with E-state index in [9.17, 15) is 0 Å². The van der Waals surface area contributed by atoms with Crippen LogP contribution in [-0.4, -0.2) is 18.5 Å². The van der Waals surface area contributed by atoms with Crippen LogP contribution in [0.1, 0.15) is 0 Å². The van der Waals surface area contributed by atoms with Crippen LogP contribution in [-0.2, 0) is 0 Å². The van der Waals surface area contributed by atoms with Crippen LogP contribution in [0.25, 0.3) is 104 Å². The van der Waals surface area contributed by atoms with Crippen LogP contribution >= 0.6 is 0 Å². The highest BCUT2D eigenvalue weighted by Gasteiger charge is 2.25. The molecule has 5 heterocycles. The Bertz CT molecular complexity index is 3320. The van der Waals surface area contributed by atoms with Crippen LogP contribution in [0.15, 0.2) is 158 Å². The monoisotopic (exact) mass is 622 g/mol. The molecule has 0 unspecified atom stereocenters. The number of rotatable bonds is 2. The first-order valence-corrected chi connectivity index (χ1v) is 16.8. The summed E-state index contributed by atoms with van der Waals surface area (Å²) < 4.78 is 7.35. The Hall–Kier alpha value is -6.65. The molecule has 0 saturated carbocycles. The van der Waals surface area contributed by atoms with Gasteiger partial charge in [0, 0.05) is 66.0 Å². The maximum Gasteiger partial charge on any atom is 0.0724 e. The van der Waals surface area contributed by atoms with Crippen molar-refractivity contribution < 1.29 is 0 Å². The van der Waals surface area contributed by atoms with Crippen molar-refractivity contribution in [3.8, 4) is 11.4 Å². The Morgan fingerprint density at radius 3 is 1.98 bits per heavy atom. The molecule has 0 N–H and O–H groups in total. The van der Waals surface area contributed by atoms with Crippen molar-refractivity contribution in [3.05, 3.63) is 158 Å². The minimum atomic E-state index is 1.10. The van der Waals surface area contributed by atoms with Crippen molar-refractivity contribution in [2.45, 2.75) is 0 Å². The highest BCUT2D eigenvalue weighted by Crippen LogP contribution is 2.48. The van der Waals surface area contributed by atoms with E-state index in [0.717, 1.165) is 16.9 Å². The Kier molecular flexibility index (Phi) is 4.69. The normalized spacial score (nSPS) is 12.5. The van der Waals surface area contributed by atoms with Gasteiger partial charge in [-0.3, -0.25) is 4.98 Å². The number of nitrogens with zero attached hydrogens (tertiary/aromatic N) is 4. The van der Waals surface area contributed by atoms with E-state index in [2.05, 4.69) is 164 Å². The number of para-hydroxylation sites is 3. The van der Waals surface area contributed by atoms with Gasteiger partial charge >= 0.3 is 0 Å². The van der Waals surface area contributed by atoms with E-state index in [1.165, 1.54) is 87.0 Å². The third-order valence-electron chi connectivity index (χ3n) is 10.8. The van der Waals surface area contributed by atoms with E-state index in [0.29, 0.717) is 0 Å². The first-order chi connectivity index (χ1) is 24.3. The molecule has 5 aromatic heterocycles. The van der Waals surface area contributed by atoms with Gasteiger partial charge in [-0.15, -0.1) is 0 Å². The summed E-state index contributed by atoms with van der Waals surface area (Å²) in [5.74, 6) is 0. The predicted octanol–water partition coefficient (Wildman–Crippen LogP) is 11.6. The number of benzene rings is 7. The minimum Gasteiger partial charge on any atom is -0.309 e. The number of hydrogen-bond acceptors (Lipinski definition) is 1. The molecule has 0 saturated heterocycles. The van der Waals surface area contributed by atoms with Gasteiger partial charge in [-0.25, -0.2) is 0 Å². The van der Waals surface area contributed by atoms with Crippen LogP contribution in [0, 0.1) is 0 Å². The zero-order valence-electron chi connectivity index (χ0n) is 26.3. The second-order valence-corrected chi connectivity index (χ2v) is 13.2. The average molecular weight is 623 g/mol. The molecule has 0 spiro atoms. The first-order valence-electron chi connectivity index (χ1n) is 16.8. The predicted molar refractivity (Wildman–Crippen MR) is 205 cm³/mol. The van der Waals surface area contributed by atoms with Crippen LogP contribution in [0.2, 0.25) is 0 Å². The summed E-state index contributed by atoms with van der Waals surface area (Å²) in [5, 5.41) is 12.7. The molecule has 0 bridgehead atoms. The smallest absolute Gasteiger partial charge is 0.0724 e. The molecule has 0 radical (unpaired) electrons. The Morgan fingerprint density at radius 2 is 1.10 bits per heavy atom. The lowest BCUT2D eigenvalue weighted by atomic mass is 10.0. The summed E-state index contributed by atoms with van der Waals surface area (Å²) in [6, 6.07) is 53.4. The molecule has 0 aliphatic rings. The first kappa shape index (κ1) is 25.4. The van der Waals surface area contributed by atoms with Gasteiger partial charge in [-0.2, -0.15) is 0 Å². The molecule has 226 valence electrons. The fraction of sp³-hybridized carbons (Fsp3) is 0. The van der Waals surface area contributed by atoms with Gasteiger partial charge in [0.25, 0.3) is 0 Å². The lowest BCUT2D eigenvalue weighted by molar-refractivity contribution is 1.16. The summed E-state index contributed by atoms with van der Waals surface area (Å²) in [5.41, 5.74) is 10.8. The van der Waals surface area contributed by atoms with Gasteiger partial charge in [-0.1, -0.05) is 91.0 Å². The maximum absolute atomic E-state index is 4.55. The molecule has 12 aromatic rings. The van der Waals surface area contributed by atoms with Crippen molar-refractivity contribution in [2.75, 3.05) is 0 Å². The van der Waals surface area contributed by atoms with E-state index < -0.39 is 0 Å². The number of fused-ring (bicyclic) bond motifs is 15. The standard InChI is InChI=1S/C45H26N4/c1-2-11-28(12-3-1)47-39-21-19-29(24-35(39)32-22-23-46-26-41(32)47)48-40-25-36-31-14-6-8-16-37(31)49-38-17-9-7-15-33(38)43(45(36)49)42(40)34-20-18-27-10-4-5-13-30(27)44(34)48/h1-26H. The Labute approximate surface area is 279 Å². The van der Waals surface area contributed by atoms with Gasteiger partial charge in [0.05, 0.1) is 44.8 Å². The van der Waals surface area contributed by atoms with E-state index in [-0.39, 0.29) is 0 Å². The van der Waals surface area contributed by atoms with E-state index in [1.807, 2.05) is 12.4 Å². The molecular weight excluding hydrogens is 597 g/mol. The zero-order valence-corrected chi connectivity index (χ0v) is 26.3. The Balaban J connectivity index is 1.31. The molecule has 4 heteroatoms. The van der Waals surface area contributed by atoms with Gasteiger partial charge in [-0.05, 0) is 60.0 Å². The summed E-state index contributed by atoms with van der Waals surface area (Å²) in [7, 11) is 0. The molecule has 0 aliphatic heterocycles. The van der Waals surface area contributed by atoms with Gasteiger partial charge < -0.3 is 13.5 Å². The van der Waals surface area contributed by atoms with Crippen LogP contribution in [0.3, 0.4) is 0 Å². The average Bonchev–Trinajstić information content (AvgIpc) is 3.89. The van der Waals surface area contributed by atoms with Crippen molar-refractivity contribution in [1.29, 1.82) is 0 Å². The fourth-order valence-electron chi connectivity index (χ4n) is 8.89. The van der Waals surface area contributed by atoms with Gasteiger partial charge in [0.1, 0.15) is 0 Å². The van der Waals surface area contributed by atoms with E-state index >= 15 is 0 Å². The summed E-state index contributed by atoms with van der Waals surface area (Å²) in [6.45, 7) is 0. The highest BCUT2D eigenvalue weighted by molar-refractivity contribution is 6.37. The molecule has 12 rings (SSSR count). The summed E-state index contributed by atoms with van der Waals surface area (Å²) in [6.07, 6.45) is 3.89. The number of aromatic nitrogens is 4. The van der Waals surface area contributed by atoms with E-state index in [4.69, 9.17) is 0 Å². The molecule has 49 heavy (non-hydrogen) atoms. The minimum absolute atomic E-state index is 1.10. The number of pyridine rings is 1. The van der Waals surface area contributed by atoms with Crippen LogP contribution in [0.5, 0.6) is 0 Å². The molecule has 0 amide bonds. The zero-order chi connectivity index (χ0) is 31.8. The Morgan fingerprint density at radius 1 is 0.367 bits per heavy atom. The van der Waals surface area contributed by atoms with Gasteiger partial charge in [0.15, 0.2) is 0 Å². The van der Waals surface area contributed by atoms with Crippen LogP contribution in [0.4, 0.5) is 0 Å². The molecule has 4 nitrogen and oxygen atoms in total. The van der Waals surface area contributed by atoms with Crippen molar-refractivity contribution in [2.24, 2.45) is 0 Å². The van der Waals surface area contributed by atoms with Crippen molar-refractivity contribution >= 4 is 92.5 Å². The molecule has 0 atom stereocenters. The molecule has 0 fully saturated rings. The van der Waals surface area contributed by atoms with Crippen LogP contribution < -0.4 is 0 Å². The number of hydrogen-bond donors (Lipinski definition) is 0. The maximum atomic E-state index is 4.55. The SMILES string of the molecule is c1ccc(-n2c3ccc(-n4c5cc6c7ccccc7n7c8ccccc8c(c5c5ccc8ccccc8c54)c67)cc3c3ccncc32)cc1. The molecule has 7 aromatic carbocycles. The van der Waals surface area contributed by atoms with Crippen molar-refractivity contribution in [3.63, 3.8) is 0 Å². The second-order valence-electron chi connectivity index (χ2n) is 13.2. The van der Waals surface area contributed by atoms with Crippen molar-refractivity contribution in [1.82, 2.24) is 18.5 Å². The third-order valence-corrected chi connectivity index (χ3v) is 10.8. The molecule has 0 aliphatic carbocycles. The van der Waals surface area contributed by atoms with Gasteiger partial charge in [0.2, 0.25) is 0 Å². The quantitative estimate of drug-likeness (QED) is 0.188. The lowest BCUT2D eigenvalue weighted by Crippen LogP contribution is -1.96. The fourth-order valence-corrected chi connectivity index (χ4v) is 8.89. The largest absolute Gasteiger partial charge is 0.309 e.